The molecule has 0 saturated carbocycles. The third kappa shape index (κ3) is 2.09. The monoisotopic (exact) mass is 219 g/mol. The Bertz CT molecular complexity index is 393. The largest absolute Gasteiger partial charge is 0.362 e. The van der Waals surface area contributed by atoms with Gasteiger partial charge >= 0.3 is 0 Å². The Morgan fingerprint density at radius 3 is 2.38 bits per heavy atom. The number of morpholine rings is 1. The lowest BCUT2D eigenvalue weighted by atomic mass is 9.95. The van der Waals surface area contributed by atoms with Crippen molar-refractivity contribution in [2.75, 3.05) is 13.2 Å². The molecule has 1 amide bonds. The summed E-state index contributed by atoms with van der Waals surface area (Å²) in [6.45, 7) is 7.01. The van der Waals surface area contributed by atoms with E-state index in [1.54, 1.807) is 0 Å². The third-order valence-corrected chi connectivity index (χ3v) is 2.96. The van der Waals surface area contributed by atoms with E-state index in [0.717, 1.165) is 0 Å². The molecule has 1 aliphatic rings. The van der Waals surface area contributed by atoms with Crippen molar-refractivity contribution >= 4 is 5.91 Å². The molecule has 0 unspecified atom stereocenters. The lowest BCUT2D eigenvalue weighted by Gasteiger charge is -2.26. The number of hydrogen-bond acceptors (Lipinski definition) is 2. The van der Waals surface area contributed by atoms with Crippen molar-refractivity contribution in [2.45, 2.75) is 26.9 Å². The van der Waals surface area contributed by atoms with E-state index in [-0.39, 0.29) is 18.6 Å². The summed E-state index contributed by atoms with van der Waals surface area (Å²) in [6, 6.07) is 4.31. The summed E-state index contributed by atoms with van der Waals surface area (Å²) in [5, 5.41) is 2.84. The van der Waals surface area contributed by atoms with Gasteiger partial charge in [0.2, 0.25) is 5.91 Å². The highest BCUT2D eigenvalue weighted by Crippen LogP contribution is 2.26. The molecule has 1 aromatic rings. The fraction of sp³-hybridized carbons (Fsp3) is 0.462. The SMILES string of the molecule is Cc1cc(C)c([C@H]2CNC(=O)CO2)c(C)c1. The van der Waals surface area contributed by atoms with Crippen LogP contribution in [0.2, 0.25) is 0 Å². The maximum Gasteiger partial charge on any atom is 0.246 e. The molecular formula is C13H17NO2. The van der Waals surface area contributed by atoms with Gasteiger partial charge in [0.25, 0.3) is 0 Å². The Labute approximate surface area is 95.8 Å². The summed E-state index contributed by atoms with van der Waals surface area (Å²) in [5.74, 6) is -0.0290. The molecule has 0 radical (unpaired) electrons. The van der Waals surface area contributed by atoms with E-state index in [0.29, 0.717) is 6.54 Å². The van der Waals surface area contributed by atoms with E-state index in [2.05, 4.69) is 38.2 Å². The predicted molar refractivity (Wildman–Crippen MR) is 62.4 cm³/mol. The Kier molecular flexibility index (Phi) is 2.97. The smallest absolute Gasteiger partial charge is 0.246 e. The number of benzene rings is 1. The number of rotatable bonds is 1. The molecule has 1 aromatic carbocycles. The van der Waals surface area contributed by atoms with Crippen molar-refractivity contribution in [1.29, 1.82) is 0 Å². The molecule has 16 heavy (non-hydrogen) atoms. The van der Waals surface area contributed by atoms with Crippen LogP contribution in [0, 0.1) is 20.8 Å². The van der Waals surface area contributed by atoms with E-state index in [1.807, 2.05) is 0 Å². The fourth-order valence-electron chi connectivity index (χ4n) is 2.38. The molecule has 0 bridgehead atoms. The van der Waals surface area contributed by atoms with E-state index in [1.165, 1.54) is 22.3 Å². The summed E-state index contributed by atoms with van der Waals surface area (Å²) in [6.07, 6.45) is -0.00157. The number of nitrogens with one attached hydrogen (secondary N) is 1. The lowest BCUT2D eigenvalue weighted by molar-refractivity contribution is -0.133. The molecule has 3 nitrogen and oxygen atoms in total. The van der Waals surface area contributed by atoms with Gasteiger partial charge in [0.15, 0.2) is 0 Å². The molecule has 86 valence electrons. The average molecular weight is 219 g/mol. The van der Waals surface area contributed by atoms with Crippen molar-refractivity contribution in [1.82, 2.24) is 5.32 Å². The molecular weight excluding hydrogens is 202 g/mol. The summed E-state index contributed by atoms with van der Waals surface area (Å²) in [4.78, 5) is 11.0. The molecule has 2 rings (SSSR count). The topological polar surface area (TPSA) is 38.3 Å². The predicted octanol–water partition coefficient (Wildman–Crippen LogP) is 1.80. The van der Waals surface area contributed by atoms with Crippen molar-refractivity contribution in [3.05, 3.63) is 34.4 Å². The molecule has 0 aromatic heterocycles. The first-order valence-electron chi connectivity index (χ1n) is 5.54. The van der Waals surface area contributed by atoms with Crippen molar-refractivity contribution < 1.29 is 9.53 Å². The van der Waals surface area contributed by atoms with Crippen LogP contribution in [0.25, 0.3) is 0 Å². The van der Waals surface area contributed by atoms with E-state index in [9.17, 15) is 4.79 Å². The first-order chi connectivity index (χ1) is 7.58. The Morgan fingerprint density at radius 1 is 1.25 bits per heavy atom. The zero-order valence-electron chi connectivity index (χ0n) is 9.96. The lowest BCUT2D eigenvalue weighted by Crippen LogP contribution is -2.39. The summed E-state index contributed by atoms with van der Waals surface area (Å²) in [7, 11) is 0. The normalized spacial score (nSPS) is 20.7. The zero-order chi connectivity index (χ0) is 11.7. The molecule has 1 heterocycles. The number of ether oxygens (including phenoxy) is 1. The first kappa shape index (κ1) is 11.1. The minimum absolute atomic E-state index is 0.00157. The zero-order valence-corrected chi connectivity index (χ0v) is 9.96. The first-order valence-corrected chi connectivity index (χ1v) is 5.54. The second kappa shape index (κ2) is 4.26. The van der Waals surface area contributed by atoms with Crippen molar-refractivity contribution in [2.24, 2.45) is 0 Å². The van der Waals surface area contributed by atoms with Gasteiger partial charge in [0.1, 0.15) is 12.7 Å². The van der Waals surface area contributed by atoms with Crippen LogP contribution >= 0.6 is 0 Å². The van der Waals surface area contributed by atoms with Gasteiger partial charge in [0, 0.05) is 6.54 Å². The van der Waals surface area contributed by atoms with Gasteiger partial charge < -0.3 is 10.1 Å². The highest BCUT2D eigenvalue weighted by molar-refractivity contribution is 5.77. The molecule has 1 saturated heterocycles. The summed E-state index contributed by atoms with van der Waals surface area (Å²) < 4.78 is 5.57. The third-order valence-electron chi connectivity index (χ3n) is 2.96. The molecule has 3 heteroatoms. The van der Waals surface area contributed by atoms with Crippen LogP contribution in [0.5, 0.6) is 0 Å². The number of carbonyl (C=O) groups excluding carboxylic acids is 1. The van der Waals surface area contributed by atoms with Gasteiger partial charge in [-0.25, -0.2) is 0 Å². The van der Waals surface area contributed by atoms with Crippen LogP contribution in [0.4, 0.5) is 0 Å². The molecule has 1 aliphatic heterocycles. The van der Waals surface area contributed by atoms with Gasteiger partial charge in [-0.05, 0) is 37.5 Å². The highest BCUT2D eigenvalue weighted by atomic mass is 16.5. The molecule has 1 atom stereocenters. The van der Waals surface area contributed by atoms with Gasteiger partial charge in [-0.15, -0.1) is 0 Å². The second-order valence-electron chi connectivity index (χ2n) is 4.42. The number of hydrogen-bond donors (Lipinski definition) is 1. The van der Waals surface area contributed by atoms with Crippen LogP contribution in [0.15, 0.2) is 12.1 Å². The quantitative estimate of drug-likeness (QED) is 0.782. The number of aryl methyl sites for hydroxylation is 3. The summed E-state index contributed by atoms with van der Waals surface area (Å²) in [5.41, 5.74) is 4.95. The van der Waals surface area contributed by atoms with Gasteiger partial charge in [-0.1, -0.05) is 17.7 Å². The van der Waals surface area contributed by atoms with Gasteiger partial charge in [0.05, 0.1) is 0 Å². The maximum atomic E-state index is 11.0. The van der Waals surface area contributed by atoms with Gasteiger partial charge in [-0.2, -0.15) is 0 Å². The van der Waals surface area contributed by atoms with Crippen LogP contribution < -0.4 is 5.32 Å². The minimum Gasteiger partial charge on any atom is -0.362 e. The standard InChI is InChI=1S/C13H17NO2/c1-8-4-9(2)13(10(3)5-8)11-6-14-12(15)7-16-11/h4-5,11H,6-7H2,1-3H3,(H,14,15)/t11-/m1/s1. The highest BCUT2D eigenvalue weighted by Gasteiger charge is 2.22. The van der Waals surface area contributed by atoms with E-state index in [4.69, 9.17) is 4.74 Å². The number of amides is 1. The maximum absolute atomic E-state index is 11.0. The number of carbonyl (C=O) groups is 1. The van der Waals surface area contributed by atoms with E-state index >= 15 is 0 Å². The van der Waals surface area contributed by atoms with E-state index < -0.39 is 0 Å². The van der Waals surface area contributed by atoms with Crippen LogP contribution in [0.3, 0.4) is 0 Å². The van der Waals surface area contributed by atoms with Crippen molar-refractivity contribution in [3.63, 3.8) is 0 Å². The Balaban J connectivity index is 2.30. The average Bonchev–Trinajstić information content (AvgIpc) is 2.19. The van der Waals surface area contributed by atoms with Crippen molar-refractivity contribution in [3.8, 4) is 0 Å². The van der Waals surface area contributed by atoms with Gasteiger partial charge in [-0.3, -0.25) is 4.79 Å². The Morgan fingerprint density at radius 2 is 1.88 bits per heavy atom. The summed E-state index contributed by atoms with van der Waals surface area (Å²) >= 11 is 0. The van der Waals surface area contributed by atoms with Crippen LogP contribution in [-0.4, -0.2) is 19.1 Å². The van der Waals surface area contributed by atoms with Crippen LogP contribution in [0.1, 0.15) is 28.4 Å². The minimum atomic E-state index is -0.0290. The molecule has 1 fully saturated rings. The second-order valence-corrected chi connectivity index (χ2v) is 4.42. The Hall–Kier alpha value is -1.35. The molecule has 1 N–H and O–H groups in total. The fourth-order valence-corrected chi connectivity index (χ4v) is 2.38. The molecule has 0 aliphatic carbocycles. The molecule has 0 spiro atoms. The van der Waals surface area contributed by atoms with Crippen LogP contribution in [-0.2, 0) is 9.53 Å².